The molecule has 0 aliphatic heterocycles. The fourth-order valence-electron chi connectivity index (χ4n) is 2.79. The molecule has 2 aromatic rings. The average Bonchev–Trinajstić information content (AvgIpc) is 2.36. The zero-order valence-electron chi connectivity index (χ0n) is 10.3. The van der Waals surface area contributed by atoms with Crippen molar-refractivity contribution >= 4 is 23.2 Å². The maximum atomic E-state index is 10.4. The first-order valence-electron chi connectivity index (χ1n) is 6.36. The van der Waals surface area contributed by atoms with Crippen LogP contribution in [0.4, 0.5) is 0 Å². The molecule has 0 saturated heterocycles. The molecule has 1 aliphatic carbocycles. The van der Waals surface area contributed by atoms with Gasteiger partial charge in [0, 0.05) is 15.6 Å². The van der Waals surface area contributed by atoms with Crippen molar-refractivity contribution in [1.29, 1.82) is 0 Å². The molecular formula is C16H14Cl2O. The van der Waals surface area contributed by atoms with Gasteiger partial charge in [-0.05, 0) is 42.0 Å². The predicted octanol–water partition coefficient (Wildman–Crippen LogP) is 4.76. The van der Waals surface area contributed by atoms with Crippen LogP contribution in [0.3, 0.4) is 0 Å². The molecule has 2 aromatic carbocycles. The van der Waals surface area contributed by atoms with E-state index in [2.05, 4.69) is 18.2 Å². The van der Waals surface area contributed by atoms with Crippen LogP contribution < -0.4 is 0 Å². The summed E-state index contributed by atoms with van der Waals surface area (Å²) in [7, 11) is 0. The second kappa shape index (κ2) is 5.16. The minimum absolute atomic E-state index is 0.401. The van der Waals surface area contributed by atoms with Crippen molar-refractivity contribution < 1.29 is 5.11 Å². The quantitative estimate of drug-likeness (QED) is 0.865. The molecule has 0 amide bonds. The molecule has 0 radical (unpaired) electrons. The minimum atomic E-state index is -0.612. The third kappa shape index (κ3) is 2.38. The summed E-state index contributed by atoms with van der Waals surface area (Å²) >= 11 is 12.2. The van der Waals surface area contributed by atoms with Crippen molar-refractivity contribution in [3.05, 3.63) is 69.2 Å². The Kier molecular flexibility index (Phi) is 3.53. The van der Waals surface area contributed by atoms with Gasteiger partial charge < -0.3 is 5.11 Å². The number of hydrogen-bond acceptors (Lipinski definition) is 1. The second-order valence-corrected chi connectivity index (χ2v) is 5.80. The lowest BCUT2D eigenvalue weighted by Crippen LogP contribution is -2.19. The van der Waals surface area contributed by atoms with Crippen molar-refractivity contribution in [3.8, 4) is 0 Å². The summed E-state index contributed by atoms with van der Waals surface area (Å²) < 4.78 is 0. The number of fused-ring (bicyclic) bond motifs is 1. The summed E-state index contributed by atoms with van der Waals surface area (Å²) in [6, 6.07) is 13.7. The molecule has 0 fully saturated rings. The smallest absolute Gasteiger partial charge is 0.0825 e. The molecule has 98 valence electrons. The maximum Gasteiger partial charge on any atom is 0.0825 e. The van der Waals surface area contributed by atoms with Crippen molar-refractivity contribution in [2.45, 2.75) is 24.9 Å². The van der Waals surface area contributed by atoms with Gasteiger partial charge in [0.1, 0.15) is 0 Å². The van der Waals surface area contributed by atoms with Gasteiger partial charge in [0.2, 0.25) is 0 Å². The molecule has 1 nitrogen and oxygen atoms in total. The van der Waals surface area contributed by atoms with Gasteiger partial charge in [0.15, 0.2) is 0 Å². The van der Waals surface area contributed by atoms with E-state index < -0.39 is 6.10 Å². The number of aliphatic hydroxyl groups excluding tert-OH is 1. The third-order valence-corrected chi connectivity index (χ3v) is 4.46. The Morgan fingerprint density at radius 2 is 1.74 bits per heavy atom. The van der Waals surface area contributed by atoms with E-state index in [4.69, 9.17) is 23.2 Å². The Bertz CT molecular complexity index is 589. The third-order valence-electron chi connectivity index (χ3n) is 3.80. The van der Waals surface area contributed by atoms with Crippen molar-refractivity contribution in [1.82, 2.24) is 0 Å². The second-order valence-electron chi connectivity index (χ2n) is 4.99. The van der Waals surface area contributed by atoms with E-state index in [1.165, 1.54) is 11.1 Å². The van der Waals surface area contributed by atoms with Crippen LogP contribution in [0.1, 0.15) is 35.1 Å². The molecule has 1 aliphatic rings. The molecule has 19 heavy (non-hydrogen) atoms. The van der Waals surface area contributed by atoms with Crippen LogP contribution in [0.15, 0.2) is 42.5 Å². The largest absolute Gasteiger partial charge is 0.388 e. The van der Waals surface area contributed by atoms with Crippen molar-refractivity contribution in [2.75, 3.05) is 0 Å². The molecule has 2 atom stereocenters. The van der Waals surface area contributed by atoms with E-state index >= 15 is 0 Å². The first kappa shape index (κ1) is 13.0. The van der Waals surface area contributed by atoms with Crippen LogP contribution in [0.5, 0.6) is 0 Å². The fourth-order valence-corrected chi connectivity index (χ4v) is 3.44. The van der Waals surface area contributed by atoms with E-state index in [0.717, 1.165) is 6.42 Å². The molecule has 3 heteroatoms. The standard InChI is InChI=1S/C16H14Cl2O/c17-13-6-3-7-14(18)16(13)15(19)9-11-8-10-4-1-2-5-12(10)11/h1-7,11,15,19H,8-9H2. The molecule has 3 rings (SSSR count). The zero-order chi connectivity index (χ0) is 13.4. The minimum Gasteiger partial charge on any atom is -0.388 e. The van der Waals surface area contributed by atoms with Gasteiger partial charge in [0.05, 0.1) is 6.10 Å². The first-order valence-corrected chi connectivity index (χ1v) is 7.12. The lowest BCUT2D eigenvalue weighted by Gasteiger charge is -2.32. The number of benzene rings is 2. The van der Waals surface area contributed by atoms with E-state index in [1.54, 1.807) is 18.2 Å². The lowest BCUT2D eigenvalue weighted by atomic mass is 9.74. The van der Waals surface area contributed by atoms with E-state index in [1.807, 2.05) is 6.07 Å². The van der Waals surface area contributed by atoms with Gasteiger partial charge in [-0.25, -0.2) is 0 Å². The average molecular weight is 293 g/mol. The first-order chi connectivity index (χ1) is 9.16. The van der Waals surface area contributed by atoms with Crippen LogP contribution in [-0.2, 0) is 6.42 Å². The summed E-state index contributed by atoms with van der Waals surface area (Å²) in [6.07, 6.45) is 1.08. The van der Waals surface area contributed by atoms with Crippen LogP contribution >= 0.6 is 23.2 Å². The topological polar surface area (TPSA) is 20.2 Å². The molecular weight excluding hydrogens is 279 g/mol. The van der Waals surface area contributed by atoms with Crippen molar-refractivity contribution in [3.63, 3.8) is 0 Å². The highest BCUT2D eigenvalue weighted by Gasteiger charge is 2.29. The monoisotopic (exact) mass is 292 g/mol. The highest BCUT2D eigenvalue weighted by Crippen LogP contribution is 2.42. The summed E-state index contributed by atoms with van der Waals surface area (Å²) in [5.41, 5.74) is 3.37. The summed E-state index contributed by atoms with van der Waals surface area (Å²) in [5, 5.41) is 11.4. The Hall–Kier alpha value is -1.02. The maximum absolute atomic E-state index is 10.4. The molecule has 0 spiro atoms. The molecule has 0 heterocycles. The highest BCUT2D eigenvalue weighted by molar-refractivity contribution is 6.36. The van der Waals surface area contributed by atoms with Crippen LogP contribution in [-0.4, -0.2) is 5.11 Å². The fraction of sp³-hybridized carbons (Fsp3) is 0.250. The van der Waals surface area contributed by atoms with Crippen LogP contribution in [0, 0.1) is 0 Å². The van der Waals surface area contributed by atoms with E-state index in [0.29, 0.717) is 27.9 Å². The van der Waals surface area contributed by atoms with Crippen LogP contribution in [0.25, 0.3) is 0 Å². The lowest BCUT2D eigenvalue weighted by molar-refractivity contribution is 0.154. The van der Waals surface area contributed by atoms with Gasteiger partial charge in [-0.15, -0.1) is 0 Å². The van der Waals surface area contributed by atoms with Gasteiger partial charge in [0.25, 0.3) is 0 Å². The summed E-state index contributed by atoms with van der Waals surface area (Å²) in [5.74, 6) is 0.401. The Labute approximate surface area is 122 Å². The zero-order valence-corrected chi connectivity index (χ0v) is 11.8. The van der Waals surface area contributed by atoms with Crippen LogP contribution in [0.2, 0.25) is 10.0 Å². The number of aliphatic hydroxyl groups is 1. The Morgan fingerprint density at radius 1 is 1.05 bits per heavy atom. The van der Waals surface area contributed by atoms with Gasteiger partial charge in [-0.2, -0.15) is 0 Å². The van der Waals surface area contributed by atoms with Crippen molar-refractivity contribution in [2.24, 2.45) is 0 Å². The predicted molar refractivity (Wildman–Crippen MR) is 78.9 cm³/mol. The number of rotatable bonds is 3. The summed E-state index contributed by atoms with van der Waals surface area (Å²) in [4.78, 5) is 0. The molecule has 1 N–H and O–H groups in total. The Balaban J connectivity index is 1.79. The highest BCUT2D eigenvalue weighted by atomic mass is 35.5. The number of hydrogen-bond donors (Lipinski definition) is 1. The number of halogens is 2. The Morgan fingerprint density at radius 3 is 2.42 bits per heavy atom. The SMILES string of the molecule is OC(CC1Cc2ccccc21)c1c(Cl)cccc1Cl. The molecule has 2 unspecified atom stereocenters. The normalized spacial score (nSPS) is 18.6. The van der Waals surface area contributed by atoms with E-state index in [9.17, 15) is 5.11 Å². The van der Waals surface area contributed by atoms with E-state index in [-0.39, 0.29) is 0 Å². The van der Waals surface area contributed by atoms with Gasteiger partial charge >= 0.3 is 0 Å². The molecule has 0 aromatic heterocycles. The summed E-state index contributed by atoms with van der Waals surface area (Å²) in [6.45, 7) is 0. The van der Waals surface area contributed by atoms with Gasteiger partial charge in [-0.1, -0.05) is 53.5 Å². The molecule has 0 saturated carbocycles. The van der Waals surface area contributed by atoms with Gasteiger partial charge in [-0.3, -0.25) is 0 Å². The molecule has 0 bridgehead atoms.